The van der Waals surface area contributed by atoms with Crippen molar-refractivity contribution in [2.24, 2.45) is 5.41 Å². The SMILES string of the molecule is C/C=C\C1=C(C)C(C)(CC)C=C1. The zero-order chi connectivity index (χ0) is 9.19. The van der Waals surface area contributed by atoms with E-state index in [-0.39, 0.29) is 0 Å². The van der Waals surface area contributed by atoms with E-state index in [4.69, 9.17) is 0 Å². The molecule has 0 aromatic carbocycles. The fourth-order valence-corrected chi connectivity index (χ4v) is 1.60. The molecule has 12 heavy (non-hydrogen) atoms. The van der Waals surface area contributed by atoms with Crippen molar-refractivity contribution in [1.82, 2.24) is 0 Å². The molecule has 0 aliphatic heterocycles. The molecular weight excluding hydrogens is 144 g/mol. The van der Waals surface area contributed by atoms with Crippen LogP contribution in [0.15, 0.2) is 35.5 Å². The summed E-state index contributed by atoms with van der Waals surface area (Å²) in [5, 5.41) is 0. The summed E-state index contributed by atoms with van der Waals surface area (Å²) in [4.78, 5) is 0. The van der Waals surface area contributed by atoms with Crippen LogP contribution in [0, 0.1) is 5.41 Å². The second-order valence-electron chi connectivity index (χ2n) is 3.68. The van der Waals surface area contributed by atoms with Crippen LogP contribution in [0.1, 0.15) is 34.1 Å². The van der Waals surface area contributed by atoms with Crippen molar-refractivity contribution >= 4 is 0 Å². The Labute approximate surface area is 75.7 Å². The van der Waals surface area contributed by atoms with E-state index in [2.05, 4.69) is 52.0 Å². The smallest absolute Gasteiger partial charge is 0.00694 e. The fourth-order valence-electron chi connectivity index (χ4n) is 1.60. The van der Waals surface area contributed by atoms with Crippen LogP contribution in [-0.2, 0) is 0 Å². The zero-order valence-electron chi connectivity index (χ0n) is 8.52. The molecule has 0 saturated carbocycles. The van der Waals surface area contributed by atoms with Gasteiger partial charge in [0.2, 0.25) is 0 Å². The maximum Gasteiger partial charge on any atom is 0.00694 e. The lowest BCUT2D eigenvalue weighted by Crippen LogP contribution is -2.10. The topological polar surface area (TPSA) is 0 Å². The predicted molar refractivity (Wildman–Crippen MR) is 55.1 cm³/mol. The van der Waals surface area contributed by atoms with Crippen LogP contribution in [0.25, 0.3) is 0 Å². The predicted octanol–water partition coefficient (Wildman–Crippen LogP) is 3.87. The highest BCUT2D eigenvalue weighted by Gasteiger charge is 2.26. The quantitative estimate of drug-likeness (QED) is 0.578. The van der Waals surface area contributed by atoms with E-state index >= 15 is 0 Å². The van der Waals surface area contributed by atoms with Crippen molar-refractivity contribution in [2.75, 3.05) is 0 Å². The number of hydrogen-bond donors (Lipinski definition) is 0. The Hall–Kier alpha value is -0.780. The third-order valence-corrected chi connectivity index (χ3v) is 3.00. The van der Waals surface area contributed by atoms with Crippen molar-refractivity contribution in [1.29, 1.82) is 0 Å². The Bertz CT molecular complexity index is 253. The van der Waals surface area contributed by atoms with Gasteiger partial charge in [-0.05, 0) is 25.8 Å². The van der Waals surface area contributed by atoms with Crippen molar-refractivity contribution in [3.63, 3.8) is 0 Å². The Morgan fingerprint density at radius 3 is 2.58 bits per heavy atom. The highest BCUT2D eigenvalue weighted by Crippen LogP contribution is 2.39. The van der Waals surface area contributed by atoms with Crippen molar-refractivity contribution in [3.05, 3.63) is 35.5 Å². The molecule has 1 aliphatic carbocycles. The van der Waals surface area contributed by atoms with Crippen LogP contribution < -0.4 is 0 Å². The summed E-state index contributed by atoms with van der Waals surface area (Å²) in [5.41, 5.74) is 3.21. The first-order valence-electron chi connectivity index (χ1n) is 4.67. The molecule has 0 aromatic rings. The lowest BCUT2D eigenvalue weighted by molar-refractivity contribution is 0.502. The van der Waals surface area contributed by atoms with Gasteiger partial charge in [0.05, 0.1) is 0 Å². The van der Waals surface area contributed by atoms with Gasteiger partial charge in [-0.1, -0.05) is 43.7 Å². The summed E-state index contributed by atoms with van der Waals surface area (Å²) in [6.07, 6.45) is 10.0. The highest BCUT2D eigenvalue weighted by molar-refractivity contribution is 5.45. The van der Waals surface area contributed by atoms with Crippen LogP contribution in [0.2, 0.25) is 0 Å². The first-order valence-corrected chi connectivity index (χ1v) is 4.67. The standard InChI is InChI=1S/C12H18/c1-5-7-11-8-9-12(4,6-2)10(11)3/h5,7-9H,6H2,1-4H3/b7-5-. The molecule has 0 spiro atoms. The molecule has 0 bridgehead atoms. The fraction of sp³-hybridized carbons (Fsp3) is 0.500. The molecular formula is C12H18. The summed E-state index contributed by atoms with van der Waals surface area (Å²) in [5.74, 6) is 0. The van der Waals surface area contributed by atoms with Gasteiger partial charge in [0.25, 0.3) is 0 Å². The Kier molecular flexibility index (Phi) is 2.56. The van der Waals surface area contributed by atoms with E-state index in [1.807, 2.05) is 0 Å². The summed E-state index contributed by atoms with van der Waals surface area (Å²) in [6.45, 7) is 8.84. The van der Waals surface area contributed by atoms with Gasteiger partial charge in [0, 0.05) is 5.41 Å². The van der Waals surface area contributed by atoms with E-state index in [0.29, 0.717) is 5.41 Å². The Morgan fingerprint density at radius 1 is 1.50 bits per heavy atom. The molecule has 1 unspecified atom stereocenters. The van der Waals surface area contributed by atoms with E-state index < -0.39 is 0 Å². The molecule has 0 radical (unpaired) electrons. The molecule has 1 rings (SSSR count). The lowest BCUT2D eigenvalue weighted by atomic mass is 9.82. The maximum atomic E-state index is 2.32. The maximum absolute atomic E-state index is 2.32. The van der Waals surface area contributed by atoms with Crippen LogP contribution in [0.3, 0.4) is 0 Å². The van der Waals surface area contributed by atoms with Gasteiger partial charge in [-0.25, -0.2) is 0 Å². The average Bonchev–Trinajstić information content (AvgIpc) is 2.35. The Morgan fingerprint density at radius 2 is 2.17 bits per heavy atom. The van der Waals surface area contributed by atoms with Crippen LogP contribution in [0.4, 0.5) is 0 Å². The van der Waals surface area contributed by atoms with Gasteiger partial charge in [-0.3, -0.25) is 0 Å². The van der Waals surface area contributed by atoms with E-state index in [1.165, 1.54) is 17.6 Å². The average molecular weight is 162 g/mol. The number of hydrogen-bond acceptors (Lipinski definition) is 0. The van der Waals surface area contributed by atoms with Gasteiger partial charge in [0.15, 0.2) is 0 Å². The van der Waals surface area contributed by atoms with Crippen LogP contribution in [0.5, 0.6) is 0 Å². The normalized spacial score (nSPS) is 29.3. The molecule has 1 aliphatic rings. The summed E-state index contributed by atoms with van der Waals surface area (Å²) in [6, 6.07) is 0. The molecule has 0 heteroatoms. The first kappa shape index (κ1) is 9.31. The minimum Gasteiger partial charge on any atom is -0.0871 e. The highest BCUT2D eigenvalue weighted by atomic mass is 14.3. The van der Waals surface area contributed by atoms with Crippen LogP contribution in [-0.4, -0.2) is 0 Å². The molecule has 0 nitrogen and oxygen atoms in total. The molecule has 1 atom stereocenters. The largest absolute Gasteiger partial charge is 0.0871 e. The Balaban J connectivity index is 2.99. The molecule has 0 heterocycles. The van der Waals surface area contributed by atoms with E-state index in [1.54, 1.807) is 0 Å². The van der Waals surface area contributed by atoms with Crippen molar-refractivity contribution in [2.45, 2.75) is 34.1 Å². The van der Waals surface area contributed by atoms with Gasteiger partial charge < -0.3 is 0 Å². The third-order valence-electron chi connectivity index (χ3n) is 3.00. The molecule has 0 fully saturated rings. The van der Waals surface area contributed by atoms with Gasteiger partial charge >= 0.3 is 0 Å². The number of rotatable bonds is 2. The van der Waals surface area contributed by atoms with E-state index in [0.717, 1.165) is 0 Å². The minimum atomic E-state index is 0.314. The molecule has 66 valence electrons. The monoisotopic (exact) mass is 162 g/mol. The van der Waals surface area contributed by atoms with Crippen LogP contribution >= 0.6 is 0 Å². The molecule has 0 saturated heterocycles. The summed E-state index contributed by atoms with van der Waals surface area (Å²) < 4.78 is 0. The zero-order valence-corrected chi connectivity index (χ0v) is 8.52. The number of allylic oxidation sites excluding steroid dienone is 6. The van der Waals surface area contributed by atoms with Crippen molar-refractivity contribution < 1.29 is 0 Å². The van der Waals surface area contributed by atoms with E-state index in [9.17, 15) is 0 Å². The second-order valence-corrected chi connectivity index (χ2v) is 3.68. The third kappa shape index (κ3) is 1.38. The van der Waals surface area contributed by atoms with Gasteiger partial charge in [-0.15, -0.1) is 0 Å². The second kappa shape index (κ2) is 3.30. The van der Waals surface area contributed by atoms with Gasteiger partial charge in [-0.2, -0.15) is 0 Å². The first-order chi connectivity index (χ1) is 5.64. The summed E-state index contributed by atoms with van der Waals surface area (Å²) in [7, 11) is 0. The minimum absolute atomic E-state index is 0.314. The molecule has 0 N–H and O–H groups in total. The molecule has 0 aromatic heterocycles. The summed E-state index contributed by atoms with van der Waals surface area (Å²) >= 11 is 0. The van der Waals surface area contributed by atoms with Gasteiger partial charge in [0.1, 0.15) is 0 Å². The molecule has 0 amide bonds. The lowest BCUT2D eigenvalue weighted by Gasteiger charge is -2.22. The van der Waals surface area contributed by atoms with Crippen molar-refractivity contribution in [3.8, 4) is 0 Å².